The molecule has 0 spiro atoms. The van der Waals surface area contributed by atoms with Crippen molar-refractivity contribution in [1.29, 1.82) is 0 Å². The number of nitrogens with two attached hydrogens (primary N) is 1. The van der Waals surface area contributed by atoms with Gasteiger partial charge in [0.2, 0.25) is 5.95 Å². The first kappa shape index (κ1) is 11.3. The smallest absolute Gasteiger partial charge is 0.464 e. The third kappa shape index (κ3) is 3.83. The van der Waals surface area contributed by atoms with E-state index in [1.54, 1.807) is 6.92 Å². The number of rotatable bonds is 3. The average molecular weight is 224 g/mol. The van der Waals surface area contributed by atoms with Crippen LogP contribution in [0.5, 0.6) is 12.0 Å². The highest BCUT2D eigenvalue weighted by Crippen LogP contribution is 2.20. The lowest BCUT2D eigenvalue weighted by atomic mass is 10.8. The second kappa shape index (κ2) is 4.15. The maximum Gasteiger partial charge on any atom is 0.575 e. The fraction of sp³-hybridized carbons (Fsp3) is 0.500. The highest BCUT2D eigenvalue weighted by atomic mass is 19.4. The van der Waals surface area contributed by atoms with E-state index in [1.165, 1.54) is 0 Å². The summed E-state index contributed by atoms with van der Waals surface area (Å²) >= 11 is 0. The van der Waals surface area contributed by atoms with Gasteiger partial charge in [-0.25, -0.2) is 0 Å². The third-order valence-corrected chi connectivity index (χ3v) is 1.09. The molecule has 0 amide bonds. The molecule has 6 nitrogen and oxygen atoms in total. The van der Waals surface area contributed by atoms with Crippen molar-refractivity contribution in [3.63, 3.8) is 0 Å². The molecule has 0 saturated carbocycles. The van der Waals surface area contributed by atoms with Crippen LogP contribution in [0.25, 0.3) is 0 Å². The lowest BCUT2D eigenvalue weighted by Crippen LogP contribution is -2.19. The van der Waals surface area contributed by atoms with Crippen LogP contribution >= 0.6 is 0 Å². The van der Waals surface area contributed by atoms with Crippen LogP contribution in [-0.4, -0.2) is 27.9 Å². The van der Waals surface area contributed by atoms with Crippen molar-refractivity contribution >= 4 is 5.95 Å². The first-order valence-electron chi connectivity index (χ1n) is 3.81. The van der Waals surface area contributed by atoms with Crippen LogP contribution in [-0.2, 0) is 0 Å². The van der Waals surface area contributed by atoms with Gasteiger partial charge in [-0.2, -0.15) is 9.97 Å². The van der Waals surface area contributed by atoms with Crippen molar-refractivity contribution in [1.82, 2.24) is 15.0 Å². The molecule has 0 aromatic carbocycles. The fourth-order valence-electron chi connectivity index (χ4n) is 0.696. The van der Waals surface area contributed by atoms with Gasteiger partial charge >= 0.3 is 18.4 Å². The minimum absolute atomic E-state index is 0.189. The third-order valence-electron chi connectivity index (χ3n) is 1.09. The summed E-state index contributed by atoms with van der Waals surface area (Å²) < 4.78 is 43.6. The van der Waals surface area contributed by atoms with E-state index < -0.39 is 18.3 Å². The maximum atomic E-state index is 11.8. The molecule has 9 heteroatoms. The van der Waals surface area contributed by atoms with Gasteiger partial charge in [0, 0.05) is 0 Å². The standard InChI is InChI=1S/C6H7F3N4O2/c1-2-14-4-11-3(10)12-5(13-4)15-6(7,8)9/h2H2,1H3,(H2,10,11,12,13). The minimum atomic E-state index is -4.88. The summed E-state index contributed by atoms with van der Waals surface area (Å²) in [5, 5.41) is 0. The Labute approximate surface area is 82.2 Å². The van der Waals surface area contributed by atoms with Crippen LogP contribution < -0.4 is 15.2 Å². The van der Waals surface area contributed by atoms with Gasteiger partial charge < -0.3 is 15.2 Å². The topological polar surface area (TPSA) is 83.2 Å². The summed E-state index contributed by atoms with van der Waals surface area (Å²) in [5.41, 5.74) is 5.12. The van der Waals surface area contributed by atoms with E-state index in [0.29, 0.717) is 0 Å². The molecule has 84 valence electrons. The van der Waals surface area contributed by atoms with E-state index in [-0.39, 0.29) is 12.6 Å². The summed E-state index contributed by atoms with van der Waals surface area (Å²) in [5.74, 6) is -0.410. The zero-order chi connectivity index (χ0) is 11.5. The Morgan fingerprint density at radius 2 is 1.80 bits per heavy atom. The summed E-state index contributed by atoms with van der Waals surface area (Å²) in [4.78, 5) is 9.82. The zero-order valence-corrected chi connectivity index (χ0v) is 7.58. The molecule has 15 heavy (non-hydrogen) atoms. The molecule has 0 unspecified atom stereocenters. The van der Waals surface area contributed by atoms with E-state index in [2.05, 4.69) is 19.7 Å². The Bertz CT molecular complexity index is 344. The van der Waals surface area contributed by atoms with Gasteiger partial charge in [-0.3, -0.25) is 0 Å². The molecule has 1 heterocycles. The number of ether oxygens (including phenoxy) is 2. The SMILES string of the molecule is CCOc1nc(N)nc(OC(F)(F)F)n1. The molecule has 0 radical (unpaired) electrons. The highest BCUT2D eigenvalue weighted by Gasteiger charge is 2.33. The summed E-state index contributed by atoms with van der Waals surface area (Å²) in [7, 11) is 0. The predicted octanol–water partition coefficient (Wildman–Crippen LogP) is 0.751. The number of nitrogens with zero attached hydrogens (tertiary/aromatic N) is 3. The quantitative estimate of drug-likeness (QED) is 0.815. The Hall–Kier alpha value is -1.80. The molecule has 0 aliphatic rings. The van der Waals surface area contributed by atoms with E-state index in [9.17, 15) is 13.2 Å². The first-order valence-corrected chi connectivity index (χ1v) is 3.81. The van der Waals surface area contributed by atoms with Crippen molar-refractivity contribution in [2.75, 3.05) is 12.3 Å². The number of hydrogen-bond acceptors (Lipinski definition) is 6. The van der Waals surface area contributed by atoms with Gasteiger partial charge in [0.25, 0.3) is 0 Å². The molecule has 0 saturated heterocycles. The molecule has 1 aromatic rings. The molecule has 0 atom stereocenters. The van der Waals surface area contributed by atoms with Crippen LogP contribution in [0, 0.1) is 0 Å². The van der Waals surface area contributed by atoms with E-state index in [1.807, 2.05) is 0 Å². The number of alkyl halides is 3. The summed E-state index contributed by atoms with van der Waals surface area (Å²) in [6, 6.07) is -1.26. The van der Waals surface area contributed by atoms with Crippen LogP contribution in [0.3, 0.4) is 0 Å². The lowest BCUT2D eigenvalue weighted by Gasteiger charge is -2.07. The Kier molecular flexibility index (Phi) is 3.12. The van der Waals surface area contributed by atoms with Gasteiger partial charge in [-0.05, 0) is 6.92 Å². The molecule has 0 aliphatic carbocycles. The molecule has 1 rings (SSSR count). The first-order chi connectivity index (χ1) is 6.90. The monoisotopic (exact) mass is 224 g/mol. The number of halogens is 3. The molecular weight excluding hydrogens is 217 g/mol. The van der Waals surface area contributed by atoms with Gasteiger partial charge in [-0.15, -0.1) is 18.2 Å². The van der Waals surface area contributed by atoms with Crippen LogP contribution in [0.15, 0.2) is 0 Å². The van der Waals surface area contributed by atoms with E-state index in [0.717, 1.165) is 0 Å². The molecule has 0 bridgehead atoms. The molecule has 0 aliphatic heterocycles. The fourth-order valence-corrected chi connectivity index (χ4v) is 0.696. The van der Waals surface area contributed by atoms with Crippen LogP contribution in [0.2, 0.25) is 0 Å². The largest absolute Gasteiger partial charge is 0.575 e. The van der Waals surface area contributed by atoms with E-state index in [4.69, 9.17) is 10.5 Å². The number of anilines is 1. The second-order valence-corrected chi connectivity index (χ2v) is 2.24. The molecule has 2 N–H and O–H groups in total. The normalized spacial score (nSPS) is 11.2. The highest BCUT2D eigenvalue weighted by molar-refractivity contribution is 5.20. The van der Waals surface area contributed by atoms with Crippen LogP contribution in [0.4, 0.5) is 19.1 Å². The Balaban J connectivity index is 2.88. The maximum absolute atomic E-state index is 11.8. The minimum Gasteiger partial charge on any atom is -0.464 e. The molecule has 1 aromatic heterocycles. The van der Waals surface area contributed by atoms with Crippen molar-refractivity contribution in [2.24, 2.45) is 0 Å². The summed E-state index contributed by atoms with van der Waals surface area (Å²) in [6.45, 7) is 1.80. The van der Waals surface area contributed by atoms with Crippen molar-refractivity contribution < 1.29 is 22.6 Å². The number of nitrogen functional groups attached to an aromatic ring is 1. The van der Waals surface area contributed by atoms with Gasteiger partial charge in [0.05, 0.1) is 6.61 Å². The molecular formula is C6H7F3N4O2. The Morgan fingerprint density at radius 1 is 1.20 bits per heavy atom. The number of hydrogen-bond donors (Lipinski definition) is 1. The van der Waals surface area contributed by atoms with Crippen molar-refractivity contribution in [3.8, 4) is 12.0 Å². The lowest BCUT2D eigenvalue weighted by molar-refractivity contribution is -0.277. The van der Waals surface area contributed by atoms with Gasteiger partial charge in [-0.1, -0.05) is 0 Å². The zero-order valence-electron chi connectivity index (χ0n) is 7.58. The molecule has 0 fully saturated rings. The summed E-state index contributed by atoms with van der Waals surface area (Å²) in [6.07, 6.45) is -4.88. The van der Waals surface area contributed by atoms with Crippen molar-refractivity contribution in [3.05, 3.63) is 0 Å². The number of aromatic nitrogens is 3. The van der Waals surface area contributed by atoms with E-state index >= 15 is 0 Å². The predicted molar refractivity (Wildman–Crippen MR) is 42.1 cm³/mol. The van der Waals surface area contributed by atoms with Gasteiger partial charge in [0.15, 0.2) is 0 Å². The van der Waals surface area contributed by atoms with Gasteiger partial charge in [0.1, 0.15) is 0 Å². The van der Waals surface area contributed by atoms with Crippen molar-refractivity contribution in [2.45, 2.75) is 13.3 Å². The Morgan fingerprint density at radius 3 is 2.33 bits per heavy atom. The van der Waals surface area contributed by atoms with Crippen LogP contribution in [0.1, 0.15) is 6.92 Å². The second-order valence-electron chi connectivity index (χ2n) is 2.24. The average Bonchev–Trinajstić information content (AvgIpc) is 1.99.